The van der Waals surface area contributed by atoms with Gasteiger partial charge in [-0.3, -0.25) is 4.68 Å². The normalized spacial score (nSPS) is 10.8. The molecule has 1 aromatic carbocycles. The number of nitrogens with zero attached hydrogens (tertiary/aromatic N) is 2. The molecule has 6 heteroatoms. The number of benzene rings is 1. The van der Waals surface area contributed by atoms with Gasteiger partial charge in [-0.2, -0.15) is 5.10 Å². The van der Waals surface area contributed by atoms with Crippen molar-refractivity contribution >= 4 is 27.5 Å². The van der Waals surface area contributed by atoms with Crippen molar-refractivity contribution in [3.8, 4) is 5.75 Å². The SMILES string of the molecule is Cc1nn(C)c(COc2cccc(Cl)c2CO)c1Br. The fraction of sp³-hybridized carbons (Fsp3) is 0.308. The van der Waals surface area contributed by atoms with E-state index in [1.165, 1.54) is 0 Å². The number of aryl methyl sites for hydroxylation is 2. The smallest absolute Gasteiger partial charge is 0.131 e. The topological polar surface area (TPSA) is 47.3 Å². The van der Waals surface area contributed by atoms with Gasteiger partial charge in [0.25, 0.3) is 0 Å². The largest absolute Gasteiger partial charge is 0.487 e. The minimum atomic E-state index is -0.152. The van der Waals surface area contributed by atoms with Crippen LogP contribution in [0.1, 0.15) is 17.0 Å². The molecule has 1 aromatic heterocycles. The Hall–Kier alpha value is -1.04. The Morgan fingerprint density at radius 1 is 1.47 bits per heavy atom. The average molecular weight is 346 g/mol. The van der Waals surface area contributed by atoms with Gasteiger partial charge in [0, 0.05) is 17.6 Å². The second-order valence-corrected chi connectivity index (χ2v) is 5.33. The lowest BCUT2D eigenvalue weighted by Crippen LogP contribution is -2.05. The molecule has 0 aliphatic carbocycles. The third-order valence-electron chi connectivity index (χ3n) is 2.86. The minimum absolute atomic E-state index is 0.152. The van der Waals surface area contributed by atoms with Gasteiger partial charge < -0.3 is 9.84 Å². The quantitative estimate of drug-likeness (QED) is 0.925. The summed E-state index contributed by atoms with van der Waals surface area (Å²) in [4.78, 5) is 0. The highest BCUT2D eigenvalue weighted by Gasteiger charge is 2.13. The third kappa shape index (κ3) is 2.94. The molecule has 102 valence electrons. The second kappa shape index (κ2) is 5.94. The van der Waals surface area contributed by atoms with Crippen molar-refractivity contribution in [2.24, 2.45) is 7.05 Å². The fourth-order valence-corrected chi connectivity index (χ4v) is 2.49. The van der Waals surface area contributed by atoms with Gasteiger partial charge in [0.2, 0.25) is 0 Å². The van der Waals surface area contributed by atoms with Crippen LogP contribution in [-0.2, 0) is 20.3 Å². The molecule has 0 saturated heterocycles. The van der Waals surface area contributed by atoms with Gasteiger partial charge in [0.15, 0.2) is 0 Å². The molecule has 1 N–H and O–H groups in total. The van der Waals surface area contributed by atoms with Gasteiger partial charge in [-0.05, 0) is 35.0 Å². The van der Waals surface area contributed by atoms with Crippen LogP contribution >= 0.6 is 27.5 Å². The van der Waals surface area contributed by atoms with Crippen LogP contribution in [0.2, 0.25) is 5.02 Å². The summed E-state index contributed by atoms with van der Waals surface area (Å²) >= 11 is 9.50. The number of rotatable bonds is 4. The maximum atomic E-state index is 9.32. The van der Waals surface area contributed by atoms with Gasteiger partial charge in [0.05, 0.1) is 22.5 Å². The zero-order valence-corrected chi connectivity index (χ0v) is 13.0. The van der Waals surface area contributed by atoms with Gasteiger partial charge in [-0.25, -0.2) is 0 Å². The first-order valence-corrected chi connectivity index (χ1v) is 6.90. The first-order chi connectivity index (χ1) is 9.04. The van der Waals surface area contributed by atoms with E-state index in [9.17, 15) is 5.11 Å². The van der Waals surface area contributed by atoms with Crippen molar-refractivity contribution in [3.63, 3.8) is 0 Å². The first kappa shape index (κ1) is 14.4. The molecule has 0 spiro atoms. The van der Waals surface area contributed by atoms with E-state index in [4.69, 9.17) is 16.3 Å². The Morgan fingerprint density at radius 2 is 2.21 bits per heavy atom. The van der Waals surface area contributed by atoms with E-state index in [0.29, 0.717) is 22.9 Å². The predicted octanol–water partition coefficient (Wildman–Crippen LogP) is 3.22. The number of aliphatic hydroxyl groups is 1. The van der Waals surface area contributed by atoms with E-state index >= 15 is 0 Å². The number of aliphatic hydroxyl groups excluding tert-OH is 1. The minimum Gasteiger partial charge on any atom is -0.487 e. The zero-order chi connectivity index (χ0) is 14.0. The van der Waals surface area contributed by atoms with E-state index in [1.807, 2.05) is 14.0 Å². The van der Waals surface area contributed by atoms with Crippen molar-refractivity contribution in [2.75, 3.05) is 0 Å². The molecule has 19 heavy (non-hydrogen) atoms. The highest BCUT2D eigenvalue weighted by Crippen LogP contribution is 2.28. The van der Waals surface area contributed by atoms with Crippen LogP contribution in [-0.4, -0.2) is 14.9 Å². The van der Waals surface area contributed by atoms with E-state index in [-0.39, 0.29) is 6.61 Å². The summed E-state index contributed by atoms with van der Waals surface area (Å²) in [6.07, 6.45) is 0. The molecule has 0 fully saturated rings. The highest BCUT2D eigenvalue weighted by molar-refractivity contribution is 9.10. The molecular formula is C13H14BrClN2O2. The van der Waals surface area contributed by atoms with Crippen LogP contribution in [0.15, 0.2) is 22.7 Å². The molecule has 0 saturated carbocycles. The van der Waals surface area contributed by atoms with E-state index in [1.54, 1.807) is 22.9 Å². The summed E-state index contributed by atoms with van der Waals surface area (Å²) in [6.45, 7) is 2.12. The van der Waals surface area contributed by atoms with Gasteiger partial charge in [-0.1, -0.05) is 17.7 Å². The average Bonchev–Trinajstić information content (AvgIpc) is 2.61. The van der Waals surface area contributed by atoms with Gasteiger partial charge in [0.1, 0.15) is 12.4 Å². The Labute approximate surface area is 125 Å². The van der Waals surface area contributed by atoms with E-state index < -0.39 is 0 Å². The summed E-state index contributed by atoms with van der Waals surface area (Å²) in [7, 11) is 1.86. The second-order valence-electron chi connectivity index (χ2n) is 4.13. The number of ether oxygens (including phenoxy) is 1. The summed E-state index contributed by atoms with van der Waals surface area (Å²) in [5, 5.41) is 14.1. The van der Waals surface area contributed by atoms with Crippen LogP contribution < -0.4 is 4.74 Å². The maximum absolute atomic E-state index is 9.32. The molecule has 0 radical (unpaired) electrons. The summed E-state index contributed by atoms with van der Waals surface area (Å²) in [6, 6.07) is 5.30. The number of hydrogen-bond acceptors (Lipinski definition) is 3. The predicted molar refractivity (Wildman–Crippen MR) is 77.4 cm³/mol. The van der Waals surface area contributed by atoms with Crippen molar-refractivity contribution in [1.29, 1.82) is 0 Å². The van der Waals surface area contributed by atoms with Crippen LogP contribution in [0, 0.1) is 6.92 Å². The Balaban J connectivity index is 2.21. The molecule has 0 bridgehead atoms. The molecule has 0 aliphatic heterocycles. The number of hydrogen-bond donors (Lipinski definition) is 1. The summed E-state index contributed by atoms with van der Waals surface area (Å²) < 4.78 is 8.43. The number of halogens is 2. The summed E-state index contributed by atoms with van der Waals surface area (Å²) in [5.74, 6) is 0.584. The Kier molecular flexibility index (Phi) is 4.50. The monoisotopic (exact) mass is 344 g/mol. The molecule has 0 aliphatic rings. The van der Waals surface area contributed by atoms with Gasteiger partial charge in [-0.15, -0.1) is 0 Å². The van der Waals surface area contributed by atoms with E-state index in [0.717, 1.165) is 15.9 Å². The van der Waals surface area contributed by atoms with E-state index in [2.05, 4.69) is 21.0 Å². The lowest BCUT2D eigenvalue weighted by atomic mass is 10.2. The Bertz CT molecular complexity index is 599. The molecule has 2 rings (SSSR count). The molecular weight excluding hydrogens is 332 g/mol. The molecule has 4 nitrogen and oxygen atoms in total. The van der Waals surface area contributed by atoms with Crippen LogP contribution in [0.25, 0.3) is 0 Å². The van der Waals surface area contributed by atoms with Crippen molar-refractivity contribution < 1.29 is 9.84 Å². The van der Waals surface area contributed by atoms with Crippen LogP contribution in [0.3, 0.4) is 0 Å². The van der Waals surface area contributed by atoms with Gasteiger partial charge >= 0.3 is 0 Å². The van der Waals surface area contributed by atoms with Crippen LogP contribution in [0.4, 0.5) is 0 Å². The van der Waals surface area contributed by atoms with Crippen LogP contribution in [0.5, 0.6) is 5.75 Å². The fourth-order valence-electron chi connectivity index (χ4n) is 1.81. The molecule has 0 amide bonds. The first-order valence-electron chi connectivity index (χ1n) is 5.73. The Morgan fingerprint density at radius 3 is 2.79 bits per heavy atom. The van der Waals surface area contributed by atoms with Crippen molar-refractivity contribution in [2.45, 2.75) is 20.1 Å². The lowest BCUT2D eigenvalue weighted by molar-refractivity contribution is 0.255. The molecule has 0 atom stereocenters. The lowest BCUT2D eigenvalue weighted by Gasteiger charge is -2.11. The highest BCUT2D eigenvalue weighted by atomic mass is 79.9. The maximum Gasteiger partial charge on any atom is 0.131 e. The van der Waals surface area contributed by atoms with Crippen molar-refractivity contribution in [1.82, 2.24) is 9.78 Å². The standard InChI is InChI=1S/C13H14BrClN2O2/c1-8-13(14)11(17(2)16-8)7-19-12-5-3-4-10(15)9(12)6-18/h3-5,18H,6-7H2,1-2H3. The molecule has 0 unspecified atom stereocenters. The molecule has 1 heterocycles. The summed E-state index contributed by atoms with van der Waals surface area (Å²) in [5.41, 5.74) is 2.44. The number of aromatic nitrogens is 2. The van der Waals surface area contributed by atoms with Crippen molar-refractivity contribution in [3.05, 3.63) is 44.6 Å². The molecule has 2 aromatic rings. The third-order valence-corrected chi connectivity index (χ3v) is 4.25. The zero-order valence-electron chi connectivity index (χ0n) is 10.7.